The van der Waals surface area contributed by atoms with Crippen LogP contribution in [0.25, 0.3) is 0 Å². The predicted octanol–water partition coefficient (Wildman–Crippen LogP) is 0.0626. The molecule has 0 spiro atoms. The maximum Gasteiger partial charge on any atom is 0.333 e. The Morgan fingerprint density at radius 1 is 1.33 bits per heavy atom. The number of hydrogen-bond donors (Lipinski definition) is 2. The molecule has 2 aliphatic heterocycles. The number of rotatable bonds is 2. The standard InChI is InChI=1S/C13H21NO4/c1-4-7(2)13(17)18-12-10-6-8(15)5-9(11(12)16)14(10)3/h4,8-12,15-16H,5-6H2,1-3H3/b7-4+/t8?,9-,10+,11?,12?/m1/s1. The highest BCUT2D eigenvalue weighted by atomic mass is 16.6. The van der Waals surface area contributed by atoms with E-state index >= 15 is 0 Å². The summed E-state index contributed by atoms with van der Waals surface area (Å²) in [5.74, 6) is -0.392. The molecule has 0 aliphatic carbocycles. The van der Waals surface area contributed by atoms with E-state index in [0.29, 0.717) is 18.4 Å². The van der Waals surface area contributed by atoms with Crippen molar-refractivity contribution in [2.75, 3.05) is 7.05 Å². The van der Waals surface area contributed by atoms with Crippen molar-refractivity contribution in [1.29, 1.82) is 0 Å². The SMILES string of the molecule is C/C=C(\C)C(=O)OC1C(O)[C@H]2CC(O)C[C@@H]1N2C. The van der Waals surface area contributed by atoms with Gasteiger partial charge in [0.25, 0.3) is 0 Å². The molecule has 2 aliphatic rings. The van der Waals surface area contributed by atoms with E-state index in [1.807, 2.05) is 11.9 Å². The average Bonchev–Trinajstić information content (AvgIpc) is 2.49. The maximum atomic E-state index is 11.8. The zero-order valence-electron chi connectivity index (χ0n) is 11.0. The third-order valence-electron chi connectivity index (χ3n) is 4.18. The van der Waals surface area contributed by atoms with Crippen molar-refractivity contribution in [2.24, 2.45) is 0 Å². The number of piperidine rings is 1. The maximum absolute atomic E-state index is 11.8. The Morgan fingerprint density at radius 2 is 1.94 bits per heavy atom. The van der Waals surface area contributed by atoms with Gasteiger partial charge in [-0.25, -0.2) is 4.79 Å². The van der Waals surface area contributed by atoms with E-state index in [9.17, 15) is 15.0 Å². The van der Waals surface area contributed by atoms with Crippen LogP contribution in [0.2, 0.25) is 0 Å². The summed E-state index contributed by atoms with van der Waals surface area (Å²) in [6, 6.07) is -0.218. The normalized spacial score (nSPS) is 40.9. The fourth-order valence-electron chi connectivity index (χ4n) is 2.91. The summed E-state index contributed by atoms with van der Waals surface area (Å²) >= 11 is 0. The zero-order chi connectivity index (χ0) is 13.4. The summed E-state index contributed by atoms with van der Waals surface area (Å²) in [6.07, 6.45) is 1.08. The van der Waals surface area contributed by atoms with E-state index in [0.717, 1.165) is 0 Å². The highest BCUT2D eigenvalue weighted by Crippen LogP contribution is 2.36. The van der Waals surface area contributed by atoms with Crippen LogP contribution in [0.3, 0.4) is 0 Å². The smallest absolute Gasteiger partial charge is 0.333 e. The highest BCUT2D eigenvalue weighted by molar-refractivity contribution is 5.87. The van der Waals surface area contributed by atoms with E-state index in [4.69, 9.17) is 4.74 Å². The number of hydrogen-bond acceptors (Lipinski definition) is 5. The van der Waals surface area contributed by atoms with Crippen LogP contribution in [-0.2, 0) is 9.53 Å². The number of fused-ring (bicyclic) bond motifs is 2. The first kappa shape index (κ1) is 13.5. The molecule has 102 valence electrons. The van der Waals surface area contributed by atoms with Crippen LogP contribution in [-0.4, -0.2) is 58.5 Å². The predicted molar refractivity (Wildman–Crippen MR) is 65.9 cm³/mol. The number of nitrogens with zero attached hydrogens (tertiary/aromatic N) is 1. The molecule has 3 unspecified atom stereocenters. The van der Waals surface area contributed by atoms with Crippen molar-refractivity contribution in [3.8, 4) is 0 Å². The average molecular weight is 255 g/mol. The first-order valence-corrected chi connectivity index (χ1v) is 6.37. The van der Waals surface area contributed by atoms with Gasteiger partial charge in [-0.2, -0.15) is 0 Å². The Hall–Kier alpha value is -0.910. The lowest BCUT2D eigenvalue weighted by Gasteiger charge is -2.34. The third kappa shape index (κ3) is 2.18. The molecule has 5 heteroatoms. The first-order valence-electron chi connectivity index (χ1n) is 6.37. The number of ether oxygens (including phenoxy) is 1. The van der Waals surface area contributed by atoms with Crippen LogP contribution in [0, 0.1) is 0 Å². The minimum atomic E-state index is -0.717. The molecule has 0 radical (unpaired) electrons. The third-order valence-corrected chi connectivity index (χ3v) is 4.18. The van der Waals surface area contributed by atoms with Crippen LogP contribution >= 0.6 is 0 Å². The molecule has 2 N–H and O–H groups in total. The van der Waals surface area contributed by atoms with Gasteiger partial charge in [0.05, 0.1) is 12.1 Å². The van der Waals surface area contributed by atoms with Crippen molar-refractivity contribution in [2.45, 2.75) is 57.1 Å². The number of allylic oxidation sites excluding steroid dienone is 1. The number of esters is 1. The van der Waals surface area contributed by atoms with Gasteiger partial charge in [-0.15, -0.1) is 0 Å². The summed E-state index contributed by atoms with van der Waals surface area (Å²) in [5, 5.41) is 19.9. The highest BCUT2D eigenvalue weighted by Gasteiger charge is 2.52. The quantitative estimate of drug-likeness (QED) is 0.539. The second kappa shape index (κ2) is 4.99. The van der Waals surface area contributed by atoms with Gasteiger partial charge in [-0.1, -0.05) is 6.08 Å². The molecule has 5 nitrogen and oxygen atoms in total. The lowest BCUT2D eigenvalue weighted by molar-refractivity contribution is -0.149. The molecule has 2 bridgehead atoms. The Bertz CT molecular complexity index is 368. The van der Waals surface area contributed by atoms with Gasteiger partial charge < -0.3 is 14.9 Å². The second-order valence-corrected chi connectivity index (χ2v) is 5.26. The van der Waals surface area contributed by atoms with E-state index in [1.165, 1.54) is 0 Å². The summed E-state index contributed by atoms with van der Waals surface area (Å²) in [7, 11) is 1.90. The number of aliphatic hydroxyl groups is 2. The van der Waals surface area contributed by atoms with Crippen molar-refractivity contribution in [3.63, 3.8) is 0 Å². The second-order valence-electron chi connectivity index (χ2n) is 5.26. The zero-order valence-corrected chi connectivity index (χ0v) is 11.0. The van der Waals surface area contributed by atoms with Crippen molar-refractivity contribution in [3.05, 3.63) is 11.6 Å². The van der Waals surface area contributed by atoms with Gasteiger partial charge in [0.2, 0.25) is 0 Å². The minimum absolute atomic E-state index is 0.0950. The summed E-state index contributed by atoms with van der Waals surface area (Å²) in [5.41, 5.74) is 0.534. The van der Waals surface area contributed by atoms with Gasteiger partial charge >= 0.3 is 5.97 Å². The fourth-order valence-corrected chi connectivity index (χ4v) is 2.91. The molecule has 0 amide bonds. The van der Waals surface area contributed by atoms with Crippen molar-refractivity contribution < 1.29 is 19.7 Å². The van der Waals surface area contributed by atoms with Gasteiger partial charge in [0, 0.05) is 11.6 Å². The van der Waals surface area contributed by atoms with Crippen LogP contribution in [0.4, 0.5) is 0 Å². The number of likely N-dealkylation sites (N-methyl/N-ethyl adjacent to an activating group) is 1. The topological polar surface area (TPSA) is 70.0 Å². The molecule has 2 saturated heterocycles. The molecule has 0 aromatic heterocycles. The largest absolute Gasteiger partial charge is 0.455 e. The molecular formula is C13H21NO4. The Balaban J connectivity index is 2.12. The molecule has 5 atom stereocenters. The molecule has 2 fully saturated rings. The van der Waals surface area contributed by atoms with Crippen LogP contribution < -0.4 is 0 Å². The molecule has 2 rings (SSSR count). The van der Waals surface area contributed by atoms with Gasteiger partial charge in [-0.3, -0.25) is 4.90 Å². The molecule has 18 heavy (non-hydrogen) atoms. The summed E-state index contributed by atoms with van der Waals surface area (Å²) in [6.45, 7) is 3.46. The van der Waals surface area contributed by atoms with Gasteiger partial charge in [-0.05, 0) is 33.7 Å². The first-order chi connectivity index (χ1) is 8.45. The summed E-state index contributed by atoms with van der Waals surface area (Å²) in [4.78, 5) is 13.8. The fraction of sp³-hybridized carbons (Fsp3) is 0.769. The lowest BCUT2D eigenvalue weighted by Crippen LogP contribution is -2.45. The van der Waals surface area contributed by atoms with E-state index < -0.39 is 24.3 Å². The molecular weight excluding hydrogens is 234 g/mol. The number of aliphatic hydroxyl groups excluding tert-OH is 2. The van der Waals surface area contributed by atoms with Crippen molar-refractivity contribution in [1.82, 2.24) is 4.90 Å². The van der Waals surface area contributed by atoms with Gasteiger partial charge in [0.15, 0.2) is 0 Å². The van der Waals surface area contributed by atoms with Crippen LogP contribution in [0.15, 0.2) is 11.6 Å². The van der Waals surface area contributed by atoms with Crippen LogP contribution in [0.1, 0.15) is 26.7 Å². The Morgan fingerprint density at radius 3 is 2.56 bits per heavy atom. The summed E-state index contributed by atoms with van der Waals surface area (Å²) < 4.78 is 5.40. The van der Waals surface area contributed by atoms with E-state index in [-0.39, 0.29) is 12.1 Å². The monoisotopic (exact) mass is 255 g/mol. The Kier molecular flexibility index (Phi) is 3.75. The molecule has 0 saturated carbocycles. The van der Waals surface area contributed by atoms with Crippen molar-refractivity contribution >= 4 is 5.97 Å². The Labute approximate surface area is 107 Å². The molecule has 0 aromatic rings. The minimum Gasteiger partial charge on any atom is -0.455 e. The molecule has 0 aromatic carbocycles. The number of carbonyl (C=O) groups is 1. The molecule has 2 heterocycles. The van der Waals surface area contributed by atoms with Gasteiger partial charge in [0.1, 0.15) is 12.2 Å². The van der Waals surface area contributed by atoms with Crippen LogP contribution in [0.5, 0.6) is 0 Å². The van der Waals surface area contributed by atoms with E-state index in [1.54, 1.807) is 19.9 Å². The number of carbonyl (C=O) groups excluding carboxylic acids is 1. The van der Waals surface area contributed by atoms with E-state index in [2.05, 4.69) is 0 Å². The lowest BCUT2D eigenvalue weighted by atomic mass is 10.0.